The fourth-order valence-electron chi connectivity index (χ4n) is 1.90. The molecular weight excluding hydrogens is 244 g/mol. The number of benzene rings is 1. The molecule has 19 heavy (non-hydrogen) atoms. The van der Waals surface area contributed by atoms with Crippen LogP contribution in [0.25, 0.3) is 0 Å². The van der Waals surface area contributed by atoms with Gasteiger partial charge < -0.3 is 13.9 Å². The Balaban J connectivity index is 2.04. The van der Waals surface area contributed by atoms with E-state index in [9.17, 15) is 4.79 Å². The van der Waals surface area contributed by atoms with E-state index in [0.717, 1.165) is 11.1 Å². The number of methoxy groups -OCH3 is 2. The largest absolute Gasteiger partial charge is 0.493 e. The Kier molecular flexibility index (Phi) is 4.23. The number of carbonyl (C=O) groups is 1. The van der Waals surface area contributed by atoms with E-state index in [1.165, 1.54) is 0 Å². The van der Waals surface area contributed by atoms with Crippen molar-refractivity contribution >= 4 is 5.78 Å². The first-order valence-electron chi connectivity index (χ1n) is 5.96. The zero-order valence-electron chi connectivity index (χ0n) is 11.0. The minimum absolute atomic E-state index is 0.133. The van der Waals surface area contributed by atoms with Gasteiger partial charge in [0.25, 0.3) is 0 Å². The maximum atomic E-state index is 11.9. The summed E-state index contributed by atoms with van der Waals surface area (Å²) in [7, 11) is 3.16. The van der Waals surface area contributed by atoms with Crippen molar-refractivity contribution < 1.29 is 18.7 Å². The summed E-state index contributed by atoms with van der Waals surface area (Å²) in [6, 6.07) is 7.30. The standard InChI is InChI=1S/C15H16O4/c1-17-14-4-3-11(9-15(14)18-2)7-13(16)8-12-5-6-19-10-12/h3-6,9-10H,7-8H2,1-2H3. The van der Waals surface area contributed by atoms with Crippen molar-refractivity contribution in [3.8, 4) is 11.5 Å². The maximum Gasteiger partial charge on any atom is 0.161 e. The highest BCUT2D eigenvalue weighted by atomic mass is 16.5. The maximum absolute atomic E-state index is 11.9. The molecule has 0 atom stereocenters. The molecule has 4 nitrogen and oxygen atoms in total. The Morgan fingerprint density at radius 2 is 1.79 bits per heavy atom. The molecule has 0 spiro atoms. The van der Waals surface area contributed by atoms with Gasteiger partial charge in [0.15, 0.2) is 11.5 Å². The Labute approximate surface area is 111 Å². The molecule has 2 rings (SSSR count). The smallest absolute Gasteiger partial charge is 0.161 e. The van der Waals surface area contributed by atoms with E-state index in [2.05, 4.69) is 0 Å². The summed E-state index contributed by atoms with van der Waals surface area (Å²) in [4.78, 5) is 11.9. The quantitative estimate of drug-likeness (QED) is 0.801. The van der Waals surface area contributed by atoms with Crippen molar-refractivity contribution in [2.24, 2.45) is 0 Å². The molecule has 100 valence electrons. The third-order valence-electron chi connectivity index (χ3n) is 2.83. The number of rotatable bonds is 6. The van der Waals surface area contributed by atoms with Gasteiger partial charge in [-0.15, -0.1) is 0 Å². The van der Waals surface area contributed by atoms with Crippen LogP contribution in [-0.2, 0) is 17.6 Å². The molecule has 0 saturated carbocycles. The van der Waals surface area contributed by atoms with Gasteiger partial charge >= 0.3 is 0 Å². The number of hydrogen-bond donors (Lipinski definition) is 0. The van der Waals surface area contributed by atoms with Crippen molar-refractivity contribution in [1.82, 2.24) is 0 Å². The molecule has 4 heteroatoms. The number of ketones is 1. The van der Waals surface area contributed by atoms with Gasteiger partial charge in [-0.3, -0.25) is 4.79 Å². The van der Waals surface area contributed by atoms with E-state index in [1.807, 2.05) is 12.1 Å². The number of carbonyl (C=O) groups excluding carboxylic acids is 1. The third-order valence-corrected chi connectivity index (χ3v) is 2.83. The normalized spacial score (nSPS) is 10.2. The average Bonchev–Trinajstić information content (AvgIpc) is 2.91. The van der Waals surface area contributed by atoms with E-state index in [-0.39, 0.29) is 5.78 Å². The van der Waals surface area contributed by atoms with E-state index >= 15 is 0 Å². The van der Waals surface area contributed by atoms with Crippen LogP contribution in [0.4, 0.5) is 0 Å². The minimum atomic E-state index is 0.133. The Morgan fingerprint density at radius 3 is 2.42 bits per heavy atom. The molecular formula is C15H16O4. The second-order valence-electron chi connectivity index (χ2n) is 4.21. The fraction of sp³-hybridized carbons (Fsp3) is 0.267. The van der Waals surface area contributed by atoms with Gasteiger partial charge in [0.05, 0.1) is 26.7 Å². The van der Waals surface area contributed by atoms with Crippen LogP contribution in [0.1, 0.15) is 11.1 Å². The lowest BCUT2D eigenvalue weighted by molar-refractivity contribution is -0.117. The molecule has 0 amide bonds. The lowest BCUT2D eigenvalue weighted by Gasteiger charge is -2.09. The van der Waals surface area contributed by atoms with Crippen molar-refractivity contribution in [2.75, 3.05) is 14.2 Å². The van der Waals surface area contributed by atoms with Crippen LogP contribution in [0.5, 0.6) is 11.5 Å². The molecule has 0 radical (unpaired) electrons. The van der Waals surface area contributed by atoms with Crippen molar-refractivity contribution in [3.63, 3.8) is 0 Å². The van der Waals surface area contributed by atoms with Crippen molar-refractivity contribution in [3.05, 3.63) is 47.9 Å². The van der Waals surface area contributed by atoms with Crippen molar-refractivity contribution in [2.45, 2.75) is 12.8 Å². The molecule has 0 bridgehead atoms. The van der Waals surface area contributed by atoms with Gasteiger partial charge in [-0.25, -0.2) is 0 Å². The zero-order chi connectivity index (χ0) is 13.7. The molecule has 0 N–H and O–H groups in total. The van der Waals surface area contributed by atoms with Gasteiger partial charge in [-0.05, 0) is 29.3 Å². The topological polar surface area (TPSA) is 48.7 Å². The first-order chi connectivity index (χ1) is 9.22. The predicted molar refractivity (Wildman–Crippen MR) is 70.7 cm³/mol. The molecule has 2 aromatic rings. The van der Waals surface area contributed by atoms with Crippen LogP contribution in [-0.4, -0.2) is 20.0 Å². The number of Topliss-reactive ketones (excluding diaryl/α,β-unsaturated/α-hetero) is 1. The second kappa shape index (κ2) is 6.09. The van der Waals surface area contributed by atoms with E-state index in [4.69, 9.17) is 13.9 Å². The molecule has 0 aliphatic rings. The van der Waals surface area contributed by atoms with Gasteiger partial charge in [-0.2, -0.15) is 0 Å². The lowest BCUT2D eigenvalue weighted by atomic mass is 10.0. The molecule has 0 aliphatic heterocycles. The van der Waals surface area contributed by atoms with Gasteiger partial charge in [0.2, 0.25) is 0 Å². The van der Waals surface area contributed by atoms with Crippen LogP contribution in [0.3, 0.4) is 0 Å². The molecule has 1 heterocycles. The molecule has 0 fully saturated rings. The lowest BCUT2D eigenvalue weighted by Crippen LogP contribution is -2.06. The molecule has 1 aromatic heterocycles. The Bertz CT molecular complexity index is 543. The molecule has 1 aromatic carbocycles. The highest BCUT2D eigenvalue weighted by Gasteiger charge is 2.09. The minimum Gasteiger partial charge on any atom is -0.493 e. The Hall–Kier alpha value is -2.23. The van der Waals surface area contributed by atoms with Crippen LogP contribution in [0.15, 0.2) is 41.2 Å². The van der Waals surface area contributed by atoms with Crippen LogP contribution < -0.4 is 9.47 Å². The molecule has 0 saturated heterocycles. The van der Waals surface area contributed by atoms with Gasteiger partial charge in [0.1, 0.15) is 5.78 Å². The summed E-state index contributed by atoms with van der Waals surface area (Å²) in [6.07, 6.45) is 3.90. The predicted octanol–water partition coefficient (Wildman–Crippen LogP) is 2.65. The van der Waals surface area contributed by atoms with Crippen molar-refractivity contribution in [1.29, 1.82) is 0 Å². The SMILES string of the molecule is COc1ccc(CC(=O)Cc2ccoc2)cc1OC. The monoisotopic (exact) mass is 260 g/mol. The number of ether oxygens (including phenoxy) is 2. The summed E-state index contributed by atoms with van der Waals surface area (Å²) in [6.45, 7) is 0. The van der Waals surface area contributed by atoms with E-state index in [1.54, 1.807) is 38.9 Å². The van der Waals surface area contributed by atoms with E-state index in [0.29, 0.717) is 24.3 Å². The first-order valence-corrected chi connectivity index (χ1v) is 5.96. The zero-order valence-corrected chi connectivity index (χ0v) is 11.0. The highest BCUT2D eigenvalue weighted by Crippen LogP contribution is 2.27. The number of hydrogen-bond acceptors (Lipinski definition) is 4. The second-order valence-corrected chi connectivity index (χ2v) is 4.21. The van der Waals surface area contributed by atoms with Gasteiger partial charge in [-0.1, -0.05) is 6.07 Å². The summed E-state index contributed by atoms with van der Waals surface area (Å²) in [5, 5.41) is 0. The highest BCUT2D eigenvalue weighted by molar-refractivity contribution is 5.83. The van der Waals surface area contributed by atoms with Gasteiger partial charge in [0, 0.05) is 12.8 Å². The summed E-state index contributed by atoms with van der Waals surface area (Å²) < 4.78 is 15.3. The van der Waals surface area contributed by atoms with Crippen LogP contribution in [0.2, 0.25) is 0 Å². The molecule has 0 unspecified atom stereocenters. The summed E-state index contributed by atoms with van der Waals surface area (Å²) in [5.74, 6) is 1.43. The molecule has 0 aliphatic carbocycles. The third kappa shape index (κ3) is 3.37. The average molecular weight is 260 g/mol. The summed E-state index contributed by atoms with van der Waals surface area (Å²) >= 11 is 0. The van der Waals surface area contributed by atoms with Crippen LogP contribution in [0, 0.1) is 0 Å². The Morgan fingerprint density at radius 1 is 1.05 bits per heavy atom. The number of furan rings is 1. The van der Waals surface area contributed by atoms with E-state index < -0.39 is 0 Å². The fourth-order valence-corrected chi connectivity index (χ4v) is 1.90. The first kappa shape index (κ1) is 13.2. The summed E-state index contributed by atoms with van der Waals surface area (Å²) in [5.41, 5.74) is 1.80. The van der Waals surface area contributed by atoms with Crippen LogP contribution >= 0.6 is 0 Å².